The Hall–Kier alpha value is -3.96. The van der Waals surface area contributed by atoms with E-state index in [1.54, 1.807) is 6.92 Å². The Kier molecular flexibility index (Phi) is 14.2. The highest BCUT2D eigenvalue weighted by molar-refractivity contribution is 7.89. The number of amides is 2. The molecule has 3 aromatic rings. The monoisotopic (exact) mass is 761 g/mol. The number of H-pyrrole nitrogens is 1. The smallest absolute Gasteiger partial charge is 0.387 e. The lowest BCUT2D eigenvalue weighted by Gasteiger charge is -2.21. The maximum absolute atomic E-state index is 13.3. The van der Waals surface area contributed by atoms with E-state index in [-0.39, 0.29) is 76.6 Å². The summed E-state index contributed by atoms with van der Waals surface area (Å²) in [5.74, 6) is -0.662. The van der Waals surface area contributed by atoms with Crippen LogP contribution in [0, 0.1) is 5.92 Å². The second-order valence-corrected chi connectivity index (χ2v) is 13.5. The number of esters is 1. The van der Waals surface area contributed by atoms with Crippen LogP contribution in [0.3, 0.4) is 0 Å². The van der Waals surface area contributed by atoms with Crippen LogP contribution in [0.2, 0.25) is 10.0 Å². The van der Waals surface area contributed by atoms with Crippen molar-refractivity contribution in [1.82, 2.24) is 10.0 Å². The Labute approximate surface area is 297 Å². The normalized spacial score (nSPS) is 13.4. The van der Waals surface area contributed by atoms with Crippen molar-refractivity contribution in [3.63, 3.8) is 0 Å². The molecule has 18 heteroatoms. The van der Waals surface area contributed by atoms with Gasteiger partial charge < -0.3 is 34.3 Å². The summed E-state index contributed by atoms with van der Waals surface area (Å²) in [4.78, 5) is 28.0. The number of aromatic nitrogens is 1. The zero-order chi connectivity index (χ0) is 36.3. The first-order chi connectivity index (χ1) is 23.9. The first kappa shape index (κ1) is 38.8. The number of pyridine rings is 1. The molecule has 1 heterocycles. The number of aromatic amines is 1. The zero-order valence-electron chi connectivity index (χ0n) is 27.1. The van der Waals surface area contributed by atoms with E-state index < -0.39 is 41.3 Å². The summed E-state index contributed by atoms with van der Waals surface area (Å²) >= 11 is 12.8. The van der Waals surface area contributed by atoms with Gasteiger partial charge in [0.25, 0.3) is 0 Å². The molecule has 1 fully saturated rings. The summed E-state index contributed by atoms with van der Waals surface area (Å²) < 4.78 is 81.6. The van der Waals surface area contributed by atoms with E-state index in [1.165, 1.54) is 55.9 Å². The SMILES string of the molecule is CCOc1ccc(S(=O)(=O)NCC(=O)O[C@@H](Cc2c(Cl)c[nH+]cc2Cl)c2ccc(OC(F)F)c(OCC3CC3)c2)cc1NC(=O)NCCOC. The van der Waals surface area contributed by atoms with Crippen LogP contribution in [0.4, 0.5) is 19.3 Å². The number of benzene rings is 2. The predicted molar refractivity (Wildman–Crippen MR) is 179 cm³/mol. The standard InChI is InChI=1S/C32H36Cl2F2N4O9S/c1-3-46-26-9-7-21(13-25(26)40-32(42)38-10-11-45-2)50(43,44)39-17-30(41)48-28(14-22-23(33)15-37-16-24(22)34)20-6-8-27(49-31(35)36)29(12-20)47-18-19-4-5-19/h6-9,12-13,15-16,19,28,31,39H,3-5,10-11,14,17-18H2,1-2H3,(H2,38,40,42)/p+1/t28-/m0/s1. The number of sulfonamides is 1. The van der Waals surface area contributed by atoms with Crippen LogP contribution in [0.1, 0.15) is 37.0 Å². The molecule has 272 valence electrons. The fourth-order valence-corrected chi connectivity index (χ4v) is 6.06. The molecule has 2 aromatic carbocycles. The Morgan fingerprint density at radius 1 is 1.02 bits per heavy atom. The lowest BCUT2D eigenvalue weighted by atomic mass is 10.0. The fourth-order valence-electron chi connectivity index (χ4n) is 4.53. The van der Waals surface area contributed by atoms with E-state index in [2.05, 4.69) is 25.1 Å². The van der Waals surface area contributed by atoms with Gasteiger partial charge in [0.2, 0.25) is 10.0 Å². The third-order valence-electron chi connectivity index (χ3n) is 7.19. The van der Waals surface area contributed by atoms with E-state index in [0.29, 0.717) is 11.1 Å². The van der Waals surface area contributed by atoms with Gasteiger partial charge in [0.05, 0.1) is 30.4 Å². The molecule has 1 atom stereocenters. The van der Waals surface area contributed by atoms with Crippen LogP contribution in [0.15, 0.2) is 53.7 Å². The zero-order valence-corrected chi connectivity index (χ0v) is 29.4. The van der Waals surface area contributed by atoms with E-state index >= 15 is 0 Å². The molecule has 1 saturated carbocycles. The average Bonchev–Trinajstić information content (AvgIpc) is 3.90. The van der Waals surface area contributed by atoms with E-state index in [1.807, 2.05) is 0 Å². The van der Waals surface area contributed by atoms with Crippen molar-refractivity contribution in [1.29, 1.82) is 0 Å². The molecule has 50 heavy (non-hydrogen) atoms. The molecule has 0 unspecified atom stereocenters. The highest BCUT2D eigenvalue weighted by atomic mass is 35.5. The van der Waals surface area contributed by atoms with Gasteiger partial charge in [-0.1, -0.05) is 29.3 Å². The average molecular weight is 763 g/mol. The summed E-state index contributed by atoms with van der Waals surface area (Å²) in [5, 5.41) is 5.57. The van der Waals surface area contributed by atoms with E-state index in [4.69, 9.17) is 42.1 Å². The van der Waals surface area contributed by atoms with Gasteiger partial charge in [-0.3, -0.25) is 4.79 Å². The minimum absolute atomic E-state index is 0.0160. The first-order valence-electron chi connectivity index (χ1n) is 15.5. The Morgan fingerprint density at radius 2 is 1.74 bits per heavy atom. The van der Waals surface area contributed by atoms with Crippen molar-refractivity contribution in [2.45, 2.75) is 43.8 Å². The number of rotatable bonds is 19. The molecule has 4 N–H and O–H groups in total. The van der Waals surface area contributed by atoms with Crippen molar-refractivity contribution in [2.24, 2.45) is 5.92 Å². The lowest BCUT2D eigenvalue weighted by Crippen LogP contribution is -2.32. The molecule has 0 radical (unpaired) electrons. The second-order valence-electron chi connectivity index (χ2n) is 10.9. The van der Waals surface area contributed by atoms with E-state index in [9.17, 15) is 26.8 Å². The lowest BCUT2D eigenvalue weighted by molar-refractivity contribution is -0.377. The van der Waals surface area contributed by atoms with Crippen molar-refractivity contribution in [2.75, 3.05) is 45.3 Å². The van der Waals surface area contributed by atoms with Gasteiger partial charge in [-0.2, -0.15) is 13.5 Å². The number of anilines is 1. The number of ether oxygens (including phenoxy) is 5. The fraction of sp³-hybridized carbons (Fsp3) is 0.406. The number of nitrogens with one attached hydrogen (secondary N) is 4. The number of hydrogen-bond acceptors (Lipinski definition) is 9. The molecule has 0 saturated heterocycles. The number of methoxy groups -OCH3 is 1. The Bertz CT molecular complexity index is 1730. The molecule has 1 aromatic heterocycles. The number of halogens is 4. The molecule has 1 aliphatic rings. The topological polar surface area (TPSA) is 165 Å². The maximum atomic E-state index is 13.3. The quantitative estimate of drug-likeness (QED) is 0.110. The molecule has 13 nitrogen and oxygen atoms in total. The van der Waals surface area contributed by atoms with Gasteiger partial charge in [0.1, 0.15) is 28.4 Å². The highest BCUT2D eigenvalue weighted by Gasteiger charge is 2.27. The molecular formula is C32H37Cl2F2N4O9S+. The summed E-state index contributed by atoms with van der Waals surface area (Å²) in [7, 11) is -2.85. The van der Waals surface area contributed by atoms with Crippen LogP contribution in [0.5, 0.6) is 17.2 Å². The predicted octanol–water partition coefficient (Wildman–Crippen LogP) is 5.17. The molecule has 4 rings (SSSR count). The van der Waals surface area contributed by atoms with Gasteiger partial charge in [-0.15, -0.1) is 0 Å². The minimum atomic E-state index is -4.32. The van der Waals surface area contributed by atoms with Gasteiger partial charge in [0, 0.05) is 25.6 Å². The van der Waals surface area contributed by atoms with Crippen molar-refractivity contribution in [3.8, 4) is 17.2 Å². The van der Waals surface area contributed by atoms with Crippen LogP contribution in [-0.2, 0) is 30.7 Å². The van der Waals surface area contributed by atoms with Crippen LogP contribution >= 0.6 is 23.2 Å². The largest absolute Gasteiger partial charge is 0.492 e. The summed E-state index contributed by atoms with van der Waals surface area (Å²) in [6.07, 6.45) is 3.66. The summed E-state index contributed by atoms with van der Waals surface area (Å²) in [6.45, 7) is -1.19. The first-order valence-corrected chi connectivity index (χ1v) is 17.7. The van der Waals surface area contributed by atoms with Gasteiger partial charge >= 0.3 is 18.6 Å². The molecule has 0 aliphatic heterocycles. The van der Waals surface area contributed by atoms with Crippen molar-refractivity contribution >= 4 is 50.9 Å². The molecular weight excluding hydrogens is 725 g/mol. The molecule has 2 amide bonds. The molecule has 0 spiro atoms. The second kappa shape index (κ2) is 18.3. The Balaban J connectivity index is 1.54. The van der Waals surface area contributed by atoms with Crippen molar-refractivity contribution < 1.29 is 55.5 Å². The number of urea groups is 1. The van der Waals surface area contributed by atoms with Crippen molar-refractivity contribution in [3.05, 3.63) is 70.0 Å². The van der Waals surface area contributed by atoms with Gasteiger partial charge in [0.15, 0.2) is 23.9 Å². The third-order valence-corrected chi connectivity index (χ3v) is 9.27. The van der Waals surface area contributed by atoms with Gasteiger partial charge in [-0.05, 0) is 61.6 Å². The molecule has 0 bridgehead atoms. The van der Waals surface area contributed by atoms with Crippen LogP contribution in [-0.4, -0.2) is 67.0 Å². The number of hydrogen-bond donors (Lipinski definition) is 3. The minimum Gasteiger partial charge on any atom is -0.492 e. The van der Waals surface area contributed by atoms with Gasteiger partial charge in [-0.25, -0.2) is 18.2 Å². The summed E-state index contributed by atoms with van der Waals surface area (Å²) in [5.41, 5.74) is 0.791. The summed E-state index contributed by atoms with van der Waals surface area (Å²) in [6, 6.07) is 7.28. The van der Waals surface area contributed by atoms with E-state index in [0.717, 1.165) is 12.8 Å². The maximum Gasteiger partial charge on any atom is 0.387 e. The van der Waals surface area contributed by atoms with Crippen LogP contribution in [0.25, 0.3) is 0 Å². The number of alkyl halides is 2. The number of carbonyl (C=O) groups is 2. The number of carbonyl (C=O) groups excluding carboxylic acids is 2. The third kappa shape index (κ3) is 11.6. The van der Waals surface area contributed by atoms with Crippen LogP contribution < -0.4 is 34.6 Å². The highest BCUT2D eigenvalue weighted by Crippen LogP contribution is 2.38. The molecule has 1 aliphatic carbocycles. The Morgan fingerprint density at radius 3 is 2.40 bits per heavy atom.